The molecule has 0 bridgehead atoms. The van der Waals surface area contributed by atoms with Crippen molar-refractivity contribution >= 4 is 5.91 Å². The van der Waals surface area contributed by atoms with Crippen LogP contribution in [0.4, 0.5) is 8.78 Å². The summed E-state index contributed by atoms with van der Waals surface area (Å²) < 4.78 is 33.7. The van der Waals surface area contributed by atoms with Gasteiger partial charge in [0.25, 0.3) is 0 Å². The van der Waals surface area contributed by atoms with Crippen molar-refractivity contribution in [1.29, 1.82) is 0 Å². The fraction of sp³-hybridized carbons (Fsp3) is 0.708. The fourth-order valence-electron chi connectivity index (χ4n) is 5.86. The number of likely N-dealkylation sites (tertiary alicyclic amines) is 1. The topological polar surface area (TPSA) is 76.2 Å². The summed E-state index contributed by atoms with van der Waals surface area (Å²) in [6, 6.07) is 1.74. The monoisotopic (exact) mass is 461 g/mol. The second-order valence-corrected chi connectivity index (χ2v) is 10.5. The highest BCUT2D eigenvalue weighted by atomic mass is 19.3. The standard InChI is InChI=1S/C24H33F2N5O2/c1-23(25,26)21-10-20(29-33-21)24-11-18(24)14-31(15-24)8-7-16-3-5-19(6-4-16)28-22(32)9-17-12-27-30(2)13-17/h10,12-13,16,18-19H,3-9,11,14-15H2,1-2H3,(H,28,32)/t16?,18-,19?,24-/m0/s1. The number of piperidine rings is 1. The van der Waals surface area contributed by atoms with E-state index in [0.29, 0.717) is 24.0 Å². The molecule has 1 amide bonds. The molecule has 0 radical (unpaired) electrons. The van der Waals surface area contributed by atoms with Crippen LogP contribution in [-0.2, 0) is 29.6 Å². The second kappa shape index (κ2) is 8.49. The van der Waals surface area contributed by atoms with Gasteiger partial charge in [0.15, 0.2) is 0 Å². The molecule has 1 aliphatic heterocycles. The number of amides is 1. The first-order valence-electron chi connectivity index (χ1n) is 12.1. The predicted molar refractivity (Wildman–Crippen MR) is 118 cm³/mol. The molecular formula is C24H33F2N5O2. The van der Waals surface area contributed by atoms with E-state index in [1.165, 1.54) is 6.07 Å². The highest BCUT2D eigenvalue weighted by Gasteiger charge is 2.62. The molecule has 3 aliphatic rings. The number of carbonyl (C=O) groups is 1. The molecule has 180 valence electrons. The molecule has 0 aromatic carbocycles. The normalized spacial score (nSPS) is 29.8. The minimum Gasteiger partial charge on any atom is -0.355 e. The Bertz CT molecular complexity index is 991. The lowest BCUT2D eigenvalue weighted by molar-refractivity contribution is -0.121. The largest absolute Gasteiger partial charge is 0.355 e. The summed E-state index contributed by atoms with van der Waals surface area (Å²) in [6.45, 7) is 3.79. The van der Waals surface area contributed by atoms with Crippen molar-refractivity contribution in [2.24, 2.45) is 18.9 Å². The molecule has 3 fully saturated rings. The van der Waals surface area contributed by atoms with E-state index in [2.05, 4.69) is 20.5 Å². The molecule has 0 spiro atoms. The Morgan fingerprint density at radius 3 is 2.79 bits per heavy atom. The van der Waals surface area contributed by atoms with Gasteiger partial charge in [-0.15, -0.1) is 0 Å². The molecule has 2 aromatic heterocycles. The summed E-state index contributed by atoms with van der Waals surface area (Å²) in [6.07, 6.45) is 10.5. The Morgan fingerprint density at radius 1 is 1.33 bits per heavy atom. The highest BCUT2D eigenvalue weighted by Crippen LogP contribution is 2.59. The number of aromatic nitrogens is 3. The maximum atomic E-state index is 13.5. The molecule has 33 heavy (non-hydrogen) atoms. The number of hydrogen-bond donors (Lipinski definition) is 1. The molecule has 0 unspecified atom stereocenters. The first-order chi connectivity index (χ1) is 15.7. The van der Waals surface area contributed by atoms with E-state index in [1.807, 2.05) is 13.2 Å². The smallest absolute Gasteiger partial charge is 0.304 e. The summed E-state index contributed by atoms with van der Waals surface area (Å²) in [4.78, 5) is 14.8. The third-order valence-electron chi connectivity index (χ3n) is 7.86. The van der Waals surface area contributed by atoms with Crippen molar-refractivity contribution in [2.45, 2.75) is 69.2 Å². The zero-order valence-electron chi connectivity index (χ0n) is 19.4. The molecule has 7 nitrogen and oxygen atoms in total. The molecular weight excluding hydrogens is 428 g/mol. The van der Waals surface area contributed by atoms with Crippen LogP contribution in [0, 0.1) is 11.8 Å². The van der Waals surface area contributed by atoms with Crippen molar-refractivity contribution in [1.82, 2.24) is 25.2 Å². The first kappa shape index (κ1) is 22.5. The lowest BCUT2D eigenvalue weighted by atomic mass is 9.84. The van der Waals surface area contributed by atoms with Crippen molar-refractivity contribution in [3.63, 3.8) is 0 Å². The van der Waals surface area contributed by atoms with Gasteiger partial charge in [-0.3, -0.25) is 9.48 Å². The van der Waals surface area contributed by atoms with Gasteiger partial charge in [-0.05, 0) is 62.5 Å². The van der Waals surface area contributed by atoms with Crippen molar-refractivity contribution in [3.8, 4) is 0 Å². The number of carbonyl (C=O) groups excluding carboxylic acids is 1. The van der Waals surface area contributed by atoms with Gasteiger partial charge in [-0.25, -0.2) is 0 Å². The third-order valence-corrected chi connectivity index (χ3v) is 7.86. The molecule has 1 N–H and O–H groups in total. The second-order valence-electron chi connectivity index (χ2n) is 10.5. The van der Waals surface area contributed by atoms with Gasteiger partial charge in [-0.2, -0.15) is 13.9 Å². The molecule has 3 heterocycles. The Kier molecular flexibility index (Phi) is 5.79. The quantitative estimate of drug-likeness (QED) is 0.652. The molecule has 5 rings (SSSR count). The number of hydrogen-bond acceptors (Lipinski definition) is 5. The van der Waals surface area contributed by atoms with Crippen molar-refractivity contribution in [2.75, 3.05) is 19.6 Å². The summed E-state index contributed by atoms with van der Waals surface area (Å²) >= 11 is 0. The van der Waals surface area contributed by atoms with Crippen LogP contribution in [0.25, 0.3) is 0 Å². The number of nitrogens with zero attached hydrogens (tertiary/aromatic N) is 4. The van der Waals surface area contributed by atoms with E-state index >= 15 is 0 Å². The summed E-state index contributed by atoms with van der Waals surface area (Å²) in [5, 5.41) is 11.3. The summed E-state index contributed by atoms with van der Waals surface area (Å²) in [7, 11) is 1.85. The van der Waals surface area contributed by atoms with Crippen LogP contribution < -0.4 is 5.32 Å². The van der Waals surface area contributed by atoms with Gasteiger partial charge in [0.1, 0.15) is 0 Å². The SMILES string of the molecule is Cn1cc(CC(=O)NC2CCC(CCN3C[C@@H]4C[C@]4(c4cc(C(C)(F)F)on4)C3)CC2)cn1. The average Bonchev–Trinajstić information content (AvgIpc) is 3.18. The lowest BCUT2D eigenvalue weighted by Gasteiger charge is -2.30. The number of nitrogens with one attached hydrogen (secondary N) is 1. The molecule has 9 heteroatoms. The van der Waals surface area contributed by atoms with E-state index in [9.17, 15) is 13.6 Å². The van der Waals surface area contributed by atoms with Crippen molar-refractivity contribution < 1.29 is 18.1 Å². The van der Waals surface area contributed by atoms with Crippen LogP contribution in [0.15, 0.2) is 23.0 Å². The Labute approximate surface area is 192 Å². The van der Waals surface area contributed by atoms with Crippen LogP contribution in [0.1, 0.15) is 62.5 Å². The molecule has 1 saturated heterocycles. The van der Waals surface area contributed by atoms with E-state index < -0.39 is 5.92 Å². The maximum absolute atomic E-state index is 13.5. The predicted octanol–water partition coefficient (Wildman–Crippen LogP) is 3.40. The molecule has 2 atom stereocenters. The third kappa shape index (κ3) is 4.83. The zero-order valence-corrected chi connectivity index (χ0v) is 19.4. The van der Waals surface area contributed by atoms with Crippen LogP contribution in [0.5, 0.6) is 0 Å². The van der Waals surface area contributed by atoms with Crippen LogP contribution >= 0.6 is 0 Å². The number of fused-ring (bicyclic) bond motifs is 1. The minimum atomic E-state index is -2.98. The van der Waals surface area contributed by atoms with Gasteiger partial charge in [0.05, 0.1) is 18.3 Å². The van der Waals surface area contributed by atoms with Gasteiger partial charge in [-0.1, -0.05) is 5.16 Å². The lowest BCUT2D eigenvalue weighted by Crippen LogP contribution is -2.39. The average molecular weight is 462 g/mol. The van der Waals surface area contributed by atoms with Crippen LogP contribution in [-0.4, -0.2) is 51.4 Å². The van der Waals surface area contributed by atoms with E-state index in [-0.39, 0.29) is 23.1 Å². The molecule has 2 aliphatic carbocycles. The number of alkyl halides is 2. The number of aryl methyl sites for hydroxylation is 1. The molecule has 2 saturated carbocycles. The van der Waals surface area contributed by atoms with Gasteiger partial charge >= 0.3 is 5.92 Å². The van der Waals surface area contributed by atoms with Crippen LogP contribution in [0.3, 0.4) is 0 Å². The maximum Gasteiger partial charge on any atom is 0.304 e. The minimum absolute atomic E-state index is 0.0740. The van der Waals surface area contributed by atoms with Gasteiger partial charge < -0.3 is 14.7 Å². The first-order valence-corrected chi connectivity index (χ1v) is 12.1. The Morgan fingerprint density at radius 2 is 2.12 bits per heavy atom. The molecule has 2 aromatic rings. The van der Waals surface area contributed by atoms with E-state index in [0.717, 1.165) is 70.6 Å². The number of halogens is 2. The Hall–Kier alpha value is -2.29. The van der Waals surface area contributed by atoms with E-state index in [1.54, 1.807) is 10.9 Å². The Balaban J connectivity index is 1.03. The van der Waals surface area contributed by atoms with Gasteiger partial charge in [0.2, 0.25) is 11.7 Å². The number of rotatable bonds is 8. The summed E-state index contributed by atoms with van der Waals surface area (Å²) in [5.74, 6) is -2.06. The van der Waals surface area contributed by atoms with Crippen LogP contribution in [0.2, 0.25) is 0 Å². The van der Waals surface area contributed by atoms with E-state index in [4.69, 9.17) is 4.52 Å². The van der Waals surface area contributed by atoms with Crippen molar-refractivity contribution in [3.05, 3.63) is 35.5 Å². The van der Waals surface area contributed by atoms with Gasteiger partial charge in [0, 0.05) is 50.8 Å². The zero-order chi connectivity index (χ0) is 23.2. The summed E-state index contributed by atoms with van der Waals surface area (Å²) in [5.41, 5.74) is 1.56. The fourth-order valence-corrected chi connectivity index (χ4v) is 5.86. The highest BCUT2D eigenvalue weighted by molar-refractivity contribution is 5.78.